The van der Waals surface area contributed by atoms with Crippen molar-refractivity contribution in [2.75, 3.05) is 24.8 Å². The molecule has 0 amide bonds. The van der Waals surface area contributed by atoms with Gasteiger partial charge in [-0.1, -0.05) is 6.92 Å². The van der Waals surface area contributed by atoms with E-state index < -0.39 is 38.4 Å². The standard InChI is InChI=1S/C30H34F2N6O4S/c1-17-11-18(12-24(33)28(17)43(2,40)41)21-5-8-34-16-26(21)36-29-35-15-20-3-4-25(37-38(20)29)27-22(31)13-19(14-23(27)32)30(39)6-9-42-10-7-30/h3-5,8,13-18,24,28,39H,6-7,9-12,33H2,1-2H3,(H,35,36). The summed E-state index contributed by atoms with van der Waals surface area (Å²) in [6, 6.07) is 6.87. The Kier molecular flexibility index (Phi) is 7.69. The van der Waals surface area contributed by atoms with E-state index in [4.69, 9.17) is 10.5 Å². The van der Waals surface area contributed by atoms with E-state index in [9.17, 15) is 13.5 Å². The summed E-state index contributed by atoms with van der Waals surface area (Å²) in [5.41, 5.74) is 7.09. The number of rotatable bonds is 6. The number of benzene rings is 1. The Balaban J connectivity index is 1.31. The van der Waals surface area contributed by atoms with Gasteiger partial charge in [0.1, 0.15) is 11.6 Å². The number of imidazole rings is 1. The molecule has 13 heteroatoms. The molecular weight excluding hydrogens is 578 g/mol. The van der Waals surface area contributed by atoms with Gasteiger partial charge in [-0.25, -0.2) is 22.2 Å². The lowest BCUT2D eigenvalue weighted by Crippen LogP contribution is -2.48. The van der Waals surface area contributed by atoms with Crippen LogP contribution in [0.25, 0.3) is 16.8 Å². The minimum absolute atomic E-state index is 0.0181. The van der Waals surface area contributed by atoms with Crippen LogP contribution in [0, 0.1) is 17.6 Å². The van der Waals surface area contributed by atoms with Gasteiger partial charge in [0.15, 0.2) is 9.84 Å². The number of aromatic nitrogens is 4. The second-order valence-corrected chi connectivity index (χ2v) is 14.0. The molecule has 3 aromatic heterocycles. The van der Waals surface area contributed by atoms with Crippen LogP contribution in [0.4, 0.5) is 20.4 Å². The fourth-order valence-electron chi connectivity index (χ4n) is 6.73. The number of nitrogens with zero attached hydrogens (tertiary/aromatic N) is 4. The highest BCUT2D eigenvalue weighted by molar-refractivity contribution is 7.91. The molecule has 1 aliphatic heterocycles. The van der Waals surface area contributed by atoms with Gasteiger partial charge in [0.2, 0.25) is 5.95 Å². The van der Waals surface area contributed by atoms with Gasteiger partial charge >= 0.3 is 0 Å². The van der Waals surface area contributed by atoms with Crippen LogP contribution in [-0.2, 0) is 20.2 Å². The molecule has 0 spiro atoms. The molecule has 4 unspecified atom stereocenters. The number of sulfone groups is 1. The number of hydrogen-bond acceptors (Lipinski definition) is 9. The number of fused-ring (bicyclic) bond motifs is 1. The van der Waals surface area contributed by atoms with Crippen LogP contribution in [0.2, 0.25) is 0 Å². The van der Waals surface area contributed by atoms with Crippen molar-refractivity contribution < 1.29 is 27.0 Å². The summed E-state index contributed by atoms with van der Waals surface area (Å²) in [6.45, 7) is 2.53. The first kappa shape index (κ1) is 29.5. The fourth-order valence-corrected chi connectivity index (χ4v) is 8.43. The van der Waals surface area contributed by atoms with Crippen molar-refractivity contribution in [3.05, 3.63) is 71.7 Å². The highest BCUT2D eigenvalue weighted by Gasteiger charge is 2.40. The lowest BCUT2D eigenvalue weighted by Gasteiger charge is -2.38. The van der Waals surface area contributed by atoms with Crippen molar-refractivity contribution in [3.63, 3.8) is 0 Å². The Bertz CT molecular complexity index is 1740. The zero-order valence-electron chi connectivity index (χ0n) is 23.9. The first-order valence-corrected chi connectivity index (χ1v) is 16.2. The normalized spacial score (nSPS) is 24.2. The largest absolute Gasteiger partial charge is 0.385 e. The van der Waals surface area contributed by atoms with Gasteiger partial charge < -0.3 is 20.9 Å². The lowest BCUT2D eigenvalue weighted by molar-refractivity contribution is -0.0682. The van der Waals surface area contributed by atoms with Crippen LogP contribution >= 0.6 is 0 Å². The van der Waals surface area contributed by atoms with Gasteiger partial charge in [-0.3, -0.25) is 4.98 Å². The van der Waals surface area contributed by atoms with Gasteiger partial charge in [-0.05, 0) is 66.1 Å². The third kappa shape index (κ3) is 5.62. The van der Waals surface area contributed by atoms with Crippen LogP contribution in [0.1, 0.15) is 49.7 Å². The molecule has 4 aromatic rings. The third-order valence-electron chi connectivity index (χ3n) is 8.77. The highest BCUT2D eigenvalue weighted by Crippen LogP contribution is 2.41. The molecule has 2 aliphatic rings. The number of ether oxygens (including phenoxy) is 1. The molecule has 4 heterocycles. The molecule has 0 bridgehead atoms. The van der Waals surface area contributed by atoms with Gasteiger partial charge in [0, 0.05) is 44.5 Å². The number of anilines is 2. The SMILES string of the molecule is CC1CC(c2ccncc2Nc2ncc3ccc(-c4c(F)cc(C5(O)CCOCC5)cc4F)nn23)CC(N)C1S(C)(=O)=O. The van der Waals surface area contributed by atoms with E-state index in [1.807, 2.05) is 13.0 Å². The molecule has 6 rings (SSSR count). The molecule has 1 saturated heterocycles. The van der Waals surface area contributed by atoms with Crippen molar-refractivity contribution in [2.45, 2.75) is 55.4 Å². The summed E-state index contributed by atoms with van der Waals surface area (Å²) in [5, 5.41) is 18.1. The lowest BCUT2D eigenvalue weighted by atomic mass is 9.76. The van der Waals surface area contributed by atoms with Crippen LogP contribution in [0.15, 0.2) is 48.9 Å². The molecular formula is C30H34F2N6O4S. The Labute approximate surface area is 248 Å². The molecule has 10 nitrogen and oxygen atoms in total. The molecule has 2 fully saturated rings. The van der Waals surface area contributed by atoms with E-state index in [2.05, 4.69) is 20.4 Å². The summed E-state index contributed by atoms with van der Waals surface area (Å²) in [5.74, 6) is -1.51. The zero-order chi connectivity index (χ0) is 30.5. The van der Waals surface area contributed by atoms with Crippen molar-refractivity contribution in [3.8, 4) is 11.3 Å². The van der Waals surface area contributed by atoms with Crippen LogP contribution < -0.4 is 11.1 Å². The number of halogens is 2. The van der Waals surface area contributed by atoms with Crippen molar-refractivity contribution in [1.29, 1.82) is 0 Å². The number of hydrogen-bond donors (Lipinski definition) is 3. The minimum Gasteiger partial charge on any atom is -0.385 e. The monoisotopic (exact) mass is 612 g/mol. The minimum atomic E-state index is -3.30. The second-order valence-electron chi connectivity index (χ2n) is 11.8. The summed E-state index contributed by atoms with van der Waals surface area (Å²) in [7, 11) is -3.30. The Morgan fingerprint density at radius 2 is 1.84 bits per heavy atom. The Hall–Kier alpha value is -3.52. The molecule has 1 aromatic carbocycles. The topological polar surface area (TPSA) is 145 Å². The first-order chi connectivity index (χ1) is 20.4. The zero-order valence-corrected chi connectivity index (χ0v) is 24.7. The van der Waals surface area contributed by atoms with E-state index >= 15 is 8.78 Å². The van der Waals surface area contributed by atoms with E-state index in [0.717, 1.165) is 17.7 Å². The molecule has 4 atom stereocenters. The van der Waals surface area contributed by atoms with Crippen LogP contribution in [0.3, 0.4) is 0 Å². The molecule has 228 valence electrons. The van der Waals surface area contributed by atoms with Gasteiger partial charge in [-0.15, -0.1) is 0 Å². The smallest absolute Gasteiger partial charge is 0.229 e. The molecule has 4 N–H and O–H groups in total. The molecule has 1 aliphatic carbocycles. The Morgan fingerprint density at radius 3 is 2.51 bits per heavy atom. The van der Waals surface area contributed by atoms with Gasteiger partial charge in [-0.2, -0.15) is 9.61 Å². The average molecular weight is 613 g/mol. The maximum Gasteiger partial charge on any atom is 0.229 e. The maximum absolute atomic E-state index is 15.4. The van der Waals surface area contributed by atoms with E-state index in [-0.39, 0.29) is 41.5 Å². The van der Waals surface area contributed by atoms with E-state index in [1.165, 1.54) is 16.8 Å². The quantitative estimate of drug-likeness (QED) is 0.294. The second kappa shape index (κ2) is 11.2. The van der Waals surface area contributed by atoms with Crippen LogP contribution in [0.5, 0.6) is 0 Å². The summed E-state index contributed by atoms with van der Waals surface area (Å²) in [4.78, 5) is 8.70. The summed E-state index contributed by atoms with van der Waals surface area (Å²) in [6.07, 6.45) is 7.76. The van der Waals surface area contributed by atoms with Crippen molar-refractivity contribution in [1.82, 2.24) is 19.6 Å². The molecule has 43 heavy (non-hydrogen) atoms. The van der Waals surface area contributed by atoms with Crippen molar-refractivity contribution in [2.24, 2.45) is 11.7 Å². The van der Waals surface area contributed by atoms with Crippen molar-refractivity contribution >= 4 is 27.0 Å². The van der Waals surface area contributed by atoms with Crippen LogP contribution in [-0.4, -0.2) is 63.9 Å². The molecule has 0 radical (unpaired) electrons. The number of aliphatic hydroxyl groups is 1. The maximum atomic E-state index is 15.4. The Morgan fingerprint density at radius 1 is 1.12 bits per heavy atom. The molecule has 1 saturated carbocycles. The predicted octanol–water partition coefficient (Wildman–Crippen LogP) is 4.07. The van der Waals surface area contributed by atoms with E-state index in [0.29, 0.717) is 43.2 Å². The average Bonchev–Trinajstić information content (AvgIpc) is 3.34. The van der Waals surface area contributed by atoms with Gasteiger partial charge in [0.05, 0.1) is 45.7 Å². The van der Waals surface area contributed by atoms with Gasteiger partial charge in [0.25, 0.3) is 0 Å². The highest BCUT2D eigenvalue weighted by atomic mass is 32.2. The number of nitrogens with one attached hydrogen (secondary N) is 1. The van der Waals surface area contributed by atoms with E-state index in [1.54, 1.807) is 24.7 Å². The number of pyridine rings is 1. The fraction of sp³-hybridized carbons (Fsp3) is 0.433. The predicted molar refractivity (Wildman–Crippen MR) is 158 cm³/mol. The summed E-state index contributed by atoms with van der Waals surface area (Å²) < 4.78 is 62.2. The summed E-state index contributed by atoms with van der Waals surface area (Å²) >= 11 is 0. The first-order valence-electron chi connectivity index (χ1n) is 14.2. The number of nitrogens with two attached hydrogens (primary N) is 1. The third-order valence-corrected chi connectivity index (χ3v) is 10.6.